The standard InChI is InChI=1S/C14H16FNO/c15-14-6-5-13(10-17-9-11-3-4-11)12(8-14)2-1-7-16/h5-6,8,11H,3-4,7,9-10,16H2. The molecule has 1 fully saturated rings. The van der Waals surface area contributed by atoms with Crippen molar-refractivity contribution in [1.82, 2.24) is 0 Å². The van der Waals surface area contributed by atoms with Crippen molar-refractivity contribution in [3.8, 4) is 11.8 Å². The van der Waals surface area contributed by atoms with E-state index in [1.807, 2.05) is 0 Å². The van der Waals surface area contributed by atoms with E-state index in [2.05, 4.69) is 11.8 Å². The monoisotopic (exact) mass is 233 g/mol. The first kappa shape index (κ1) is 12.1. The van der Waals surface area contributed by atoms with Gasteiger partial charge in [0, 0.05) is 12.2 Å². The molecule has 1 aliphatic rings. The normalized spacial score (nSPS) is 14.2. The van der Waals surface area contributed by atoms with Crippen LogP contribution in [-0.2, 0) is 11.3 Å². The van der Waals surface area contributed by atoms with Gasteiger partial charge in [0.05, 0.1) is 13.2 Å². The van der Waals surface area contributed by atoms with Crippen LogP contribution in [0.25, 0.3) is 0 Å². The second kappa shape index (κ2) is 5.81. The molecule has 0 aromatic heterocycles. The van der Waals surface area contributed by atoms with Gasteiger partial charge in [-0.25, -0.2) is 4.39 Å². The fourth-order valence-corrected chi connectivity index (χ4v) is 1.56. The molecule has 3 heteroatoms. The zero-order valence-corrected chi connectivity index (χ0v) is 9.71. The highest BCUT2D eigenvalue weighted by atomic mass is 19.1. The quantitative estimate of drug-likeness (QED) is 0.808. The molecule has 1 aliphatic carbocycles. The van der Waals surface area contributed by atoms with E-state index in [1.54, 1.807) is 6.07 Å². The van der Waals surface area contributed by atoms with Crippen molar-refractivity contribution >= 4 is 0 Å². The van der Waals surface area contributed by atoms with Crippen LogP contribution in [0.1, 0.15) is 24.0 Å². The van der Waals surface area contributed by atoms with Crippen LogP contribution < -0.4 is 5.73 Å². The Morgan fingerprint density at radius 3 is 2.94 bits per heavy atom. The zero-order valence-electron chi connectivity index (χ0n) is 9.71. The fourth-order valence-electron chi connectivity index (χ4n) is 1.56. The number of ether oxygens (including phenoxy) is 1. The molecule has 2 N–H and O–H groups in total. The van der Waals surface area contributed by atoms with Gasteiger partial charge in [-0.05, 0) is 36.5 Å². The van der Waals surface area contributed by atoms with Gasteiger partial charge in [0.2, 0.25) is 0 Å². The second-order valence-electron chi connectivity index (χ2n) is 4.27. The van der Waals surface area contributed by atoms with Crippen molar-refractivity contribution in [2.75, 3.05) is 13.2 Å². The van der Waals surface area contributed by atoms with Crippen LogP contribution in [0.4, 0.5) is 4.39 Å². The van der Waals surface area contributed by atoms with Crippen molar-refractivity contribution in [2.24, 2.45) is 11.7 Å². The first-order chi connectivity index (χ1) is 8.29. The highest BCUT2D eigenvalue weighted by Crippen LogP contribution is 2.29. The Kier molecular flexibility index (Phi) is 4.13. The summed E-state index contributed by atoms with van der Waals surface area (Å²) >= 11 is 0. The van der Waals surface area contributed by atoms with E-state index < -0.39 is 0 Å². The van der Waals surface area contributed by atoms with Gasteiger partial charge < -0.3 is 10.5 Å². The molecule has 0 heterocycles. The van der Waals surface area contributed by atoms with Crippen molar-refractivity contribution in [1.29, 1.82) is 0 Å². The van der Waals surface area contributed by atoms with Crippen molar-refractivity contribution in [3.63, 3.8) is 0 Å². The van der Waals surface area contributed by atoms with E-state index in [1.165, 1.54) is 25.0 Å². The molecule has 90 valence electrons. The van der Waals surface area contributed by atoms with E-state index in [9.17, 15) is 4.39 Å². The SMILES string of the molecule is NCC#Cc1cc(F)ccc1COCC1CC1. The lowest BCUT2D eigenvalue weighted by atomic mass is 10.1. The van der Waals surface area contributed by atoms with Crippen molar-refractivity contribution in [2.45, 2.75) is 19.4 Å². The fraction of sp³-hybridized carbons (Fsp3) is 0.429. The predicted molar refractivity (Wildman–Crippen MR) is 64.7 cm³/mol. The summed E-state index contributed by atoms with van der Waals surface area (Å²) in [6.45, 7) is 1.56. The lowest BCUT2D eigenvalue weighted by Gasteiger charge is -2.06. The summed E-state index contributed by atoms with van der Waals surface area (Å²) in [6, 6.07) is 4.59. The van der Waals surface area contributed by atoms with Crippen LogP contribution in [-0.4, -0.2) is 13.2 Å². The van der Waals surface area contributed by atoms with Gasteiger partial charge in [-0.2, -0.15) is 0 Å². The summed E-state index contributed by atoms with van der Waals surface area (Å²) in [5, 5.41) is 0. The summed E-state index contributed by atoms with van der Waals surface area (Å²) in [4.78, 5) is 0. The molecule has 2 rings (SSSR count). The first-order valence-electron chi connectivity index (χ1n) is 5.84. The predicted octanol–water partition coefficient (Wildman–Crippen LogP) is 2.06. The van der Waals surface area contributed by atoms with Gasteiger partial charge in [-0.3, -0.25) is 0 Å². The number of hydrogen-bond acceptors (Lipinski definition) is 2. The van der Waals surface area contributed by atoms with E-state index in [0.717, 1.165) is 18.1 Å². The average molecular weight is 233 g/mol. The summed E-state index contributed by atoms with van der Waals surface area (Å²) in [7, 11) is 0. The van der Waals surface area contributed by atoms with Gasteiger partial charge in [-0.15, -0.1) is 0 Å². The zero-order chi connectivity index (χ0) is 12.1. The average Bonchev–Trinajstić information content (AvgIpc) is 3.13. The topological polar surface area (TPSA) is 35.2 Å². The molecular formula is C14H16FNO. The van der Waals surface area contributed by atoms with Crippen LogP contribution in [0.2, 0.25) is 0 Å². The van der Waals surface area contributed by atoms with Crippen molar-refractivity contribution in [3.05, 3.63) is 35.1 Å². The Labute approximate surface area is 101 Å². The van der Waals surface area contributed by atoms with Gasteiger partial charge in [0.25, 0.3) is 0 Å². The lowest BCUT2D eigenvalue weighted by molar-refractivity contribution is 0.111. The van der Waals surface area contributed by atoms with Crippen molar-refractivity contribution < 1.29 is 9.13 Å². The van der Waals surface area contributed by atoms with E-state index in [-0.39, 0.29) is 12.4 Å². The molecule has 0 unspecified atom stereocenters. The summed E-state index contributed by atoms with van der Waals surface area (Å²) < 4.78 is 18.7. The minimum atomic E-state index is -0.280. The molecule has 0 bridgehead atoms. The molecule has 0 aliphatic heterocycles. The van der Waals surface area contributed by atoms with Gasteiger partial charge in [-0.1, -0.05) is 17.9 Å². The van der Waals surface area contributed by atoms with Crippen LogP contribution in [0.3, 0.4) is 0 Å². The Hall–Kier alpha value is -1.37. The van der Waals surface area contributed by atoms with E-state index in [0.29, 0.717) is 12.2 Å². The molecule has 0 saturated heterocycles. The smallest absolute Gasteiger partial charge is 0.124 e. The molecule has 0 amide bonds. The maximum Gasteiger partial charge on any atom is 0.124 e. The minimum Gasteiger partial charge on any atom is -0.376 e. The summed E-state index contributed by atoms with van der Waals surface area (Å²) in [5.74, 6) is 6.06. The Bertz CT molecular complexity index is 443. The number of rotatable bonds is 4. The minimum absolute atomic E-state index is 0.277. The number of nitrogens with two attached hydrogens (primary N) is 1. The van der Waals surface area contributed by atoms with Crippen LogP contribution in [0, 0.1) is 23.6 Å². The van der Waals surface area contributed by atoms with E-state index in [4.69, 9.17) is 10.5 Å². The highest BCUT2D eigenvalue weighted by Gasteiger charge is 2.21. The second-order valence-corrected chi connectivity index (χ2v) is 4.27. The van der Waals surface area contributed by atoms with E-state index >= 15 is 0 Å². The van der Waals surface area contributed by atoms with Gasteiger partial charge in [0.15, 0.2) is 0 Å². The van der Waals surface area contributed by atoms with Crippen LogP contribution >= 0.6 is 0 Å². The van der Waals surface area contributed by atoms with Crippen LogP contribution in [0.15, 0.2) is 18.2 Å². The summed E-state index contributed by atoms with van der Waals surface area (Å²) in [5.41, 5.74) is 6.91. The molecule has 0 radical (unpaired) electrons. The maximum atomic E-state index is 13.1. The third kappa shape index (κ3) is 3.85. The Morgan fingerprint density at radius 1 is 1.41 bits per heavy atom. The largest absolute Gasteiger partial charge is 0.376 e. The maximum absolute atomic E-state index is 13.1. The lowest BCUT2D eigenvalue weighted by Crippen LogP contribution is -2.00. The molecule has 1 saturated carbocycles. The number of benzene rings is 1. The van der Waals surface area contributed by atoms with Gasteiger partial charge >= 0.3 is 0 Å². The molecule has 1 aromatic carbocycles. The molecule has 17 heavy (non-hydrogen) atoms. The first-order valence-corrected chi connectivity index (χ1v) is 5.84. The van der Waals surface area contributed by atoms with Crippen LogP contribution in [0.5, 0.6) is 0 Å². The number of halogens is 1. The molecule has 1 aromatic rings. The Balaban J connectivity index is 2.02. The Morgan fingerprint density at radius 2 is 2.24 bits per heavy atom. The summed E-state index contributed by atoms with van der Waals surface area (Å²) in [6.07, 6.45) is 2.53. The third-order valence-corrected chi connectivity index (χ3v) is 2.71. The molecular weight excluding hydrogens is 217 g/mol. The molecule has 0 spiro atoms. The highest BCUT2D eigenvalue weighted by molar-refractivity contribution is 5.41. The molecule has 2 nitrogen and oxygen atoms in total. The number of hydrogen-bond donors (Lipinski definition) is 1. The van der Waals surface area contributed by atoms with Gasteiger partial charge in [0.1, 0.15) is 5.82 Å². The third-order valence-electron chi connectivity index (χ3n) is 2.71. The molecule has 0 atom stereocenters.